The highest BCUT2D eigenvalue weighted by molar-refractivity contribution is 7.92. The van der Waals surface area contributed by atoms with Gasteiger partial charge in [0.2, 0.25) is 0 Å². The molecule has 0 saturated heterocycles. The minimum atomic E-state index is -4.16. The van der Waals surface area contributed by atoms with Gasteiger partial charge in [-0.1, -0.05) is 30.3 Å². The Balaban J connectivity index is 1.54. The maximum Gasteiger partial charge on any atom is 0.303 e. The molecule has 0 unspecified atom stereocenters. The average molecular weight is 487 g/mol. The van der Waals surface area contributed by atoms with E-state index in [1.807, 2.05) is 12.1 Å². The lowest BCUT2D eigenvalue weighted by Gasteiger charge is -2.12. The summed E-state index contributed by atoms with van der Waals surface area (Å²) in [6.45, 7) is 0.421. The Bertz CT molecular complexity index is 1260. The fraction of sp³-hybridized carbons (Fsp3) is 0.174. The SMILES string of the molecule is O=C(O)CCc1ccccc1OCCOc1ccc(NS(=O)(=O)c2ccccc2[N+](=O)[O-])cc1. The second-order valence-corrected chi connectivity index (χ2v) is 8.70. The summed E-state index contributed by atoms with van der Waals surface area (Å²) in [7, 11) is -4.16. The van der Waals surface area contributed by atoms with Crippen LogP contribution in [-0.4, -0.2) is 37.6 Å². The van der Waals surface area contributed by atoms with Crippen LogP contribution in [0.2, 0.25) is 0 Å². The number of aliphatic carboxylic acids is 1. The molecule has 3 aromatic rings. The third kappa shape index (κ3) is 6.69. The van der Waals surface area contributed by atoms with Gasteiger partial charge in [-0.2, -0.15) is 0 Å². The van der Waals surface area contributed by atoms with Gasteiger partial charge in [-0.15, -0.1) is 0 Å². The number of hydrogen-bond donors (Lipinski definition) is 2. The Labute approximate surface area is 196 Å². The Morgan fingerprint density at radius 3 is 2.29 bits per heavy atom. The van der Waals surface area contributed by atoms with Gasteiger partial charge in [-0.25, -0.2) is 8.42 Å². The van der Waals surface area contributed by atoms with Crippen LogP contribution in [0.4, 0.5) is 11.4 Å². The number of benzene rings is 3. The molecule has 0 bridgehead atoms. The minimum Gasteiger partial charge on any atom is -0.490 e. The quantitative estimate of drug-likeness (QED) is 0.223. The summed E-state index contributed by atoms with van der Waals surface area (Å²) in [5, 5.41) is 20.0. The molecule has 0 aliphatic carbocycles. The van der Waals surface area contributed by atoms with Crippen LogP contribution < -0.4 is 14.2 Å². The van der Waals surface area contributed by atoms with E-state index in [1.165, 1.54) is 24.3 Å². The number of ether oxygens (including phenoxy) is 2. The highest BCUT2D eigenvalue weighted by atomic mass is 32.2. The third-order valence-electron chi connectivity index (χ3n) is 4.65. The predicted octanol–water partition coefficient (Wildman–Crippen LogP) is 3.87. The van der Waals surface area contributed by atoms with Crippen molar-refractivity contribution in [3.8, 4) is 11.5 Å². The number of carboxylic acid groups (broad SMARTS) is 1. The van der Waals surface area contributed by atoms with E-state index in [1.54, 1.807) is 24.3 Å². The molecule has 0 heterocycles. The maximum atomic E-state index is 12.6. The van der Waals surface area contributed by atoms with Gasteiger partial charge in [0, 0.05) is 18.2 Å². The number of aryl methyl sites for hydroxylation is 1. The van der Waals surface area contributed by atoms with Gasteiger partial charge in [0.25, 0.3) is 15.7 Å². The summed E-state index contributed by atoms with van der Waals surface area (Å²) < 4.78 is 38.8. The number of para-hydroxylation sites is 2. The molecule has 10 nitrogen and oxygen atoms in total. The number of rotatable bonds is 12. The van der Waals surface area contributed by atoms with Gasteiger partial charge < -0.3 is 14.6 Å². The van der Waals surface area contributed by atoms with Crippen LogP contribution in [0.15, 0.2) is 77.7 Å². The lowest BCUT2D eigenvalue weighted by atomic mass is 10.1. The molecule has 0 atom stereocenters. The van der Waals surface area contributed by atoms with E-state index in [0.717, 1.165) is 17.7 Å². The lowest BCUT2D eigenvalue weighted by Crippen LogP contribution is -2.14. The molecule has 11 heteroatoms. The van der Waals surface area contributed by atoms with Crippen LogP contribution in [0.5, 0.6) is 11.5 Å². The zero-order valence-corrected chi connectivity index (χ0v) is 18.7. The molecule has 0 radical (unpaired) electrons. The van der Waals surface area contributed by atoms with Crippen LogP contribution in [0.1, 0.15) is 12.0 Å². The molecule has 0 aliphatic heterocycles. The Morgan fingerprint density at radius 1 is 0.941 bits per heavy atom. The van der Waals surface area contributed by atoms with Crippen LogP contribution in [0, 0.1) is 10.1 Å². The van der Waals surface area contributed by atoms with Crippen molar-refractivity contribution in [2.24, 2.45) is 0 Å². The number of nitrogens with zero attached hydrogens (tertiary/aromatic N) is 1. The number of carboxylic acids is 1. The number of nitro groups is 1. The lowest BCUT2D eigenvalue weighted by molar-refractivity contribution is -0.387. The highest BCUT2D eigenvalue weighted by Gasteiger charge is 2.25. The molecule has 0 aliphatic rings. The third-order valence-corrected chi connectivity index (χ3v) is 6.08. The molecule has 0 saturated carbocycles. The van der Waals surface area contributed by atoms with Crippen molar-refractivity contribution in [1.29, 1.82) is 0 Å². The van der Waals surface area contributed by atoms with Gasteiger partial charge in [-0.05, 0) is 48.4 Å². The monoisotopic (exact) mass is 486 g/mol. The van der Waals surface area contributed by atoms with Gasteiger partial charge in [0.05, 0.1) is 4.92 Å². The van der Waals surface area contributed by atoms with Gasteiger partial charge >= 0.3 is 5.97 Å². The first-order valence-corrected chi connectivity index (χ1v) is 11.7. The van der Waals surface area contributed by atoms with Crippen molar-refractivity contribution in [2.75, 3.05) is 17.9 Å². The Hall–Kier alpha value is -4.12. The van der Waals surface area contributed by atoms with Crippen LogP contribution >= 0.6 is 0 Å². The molecule has 3 aromatic carbocycles. The van der Waals surface area contributed by atoms with Crippen LogP contribution in [0.3, 0.4) is 0 Å². The Morgan fingerprint density at radius 2 is 1.59 bits per heavy atom. The minimum absolute atomic E-state index is 0.00456. The molecule has 34 heavy (non-hydrogen) atoms. The van der Waals surface area contributed by atoms with E-state index < -0.39 is 31.5 Å². The van der Waals surface area contributed by atoms with Crippen molar-refractivity contribution < 1.29 is 32.7 Å². The van der Waals surface area contributed by atoms with Crippen molar-refractivity contribution in [3.05, 3.63) is 88.5 Å². The van der Waals surface area contributed by atoms with E-state index in [4.69, 9.17) is 14.6 Å². The number of nitrogens with one attached hydrogen (secondary N) is 1. The van der Waals surface area contributed by atoms with Crippen molar-refractivity contribution in [1.82, 2.24) is 0 Å². The molecule has 0 spiro atoms. The maximum absolute atomic E-state index is 12.6. The molecule has 2 N–H and O–H groups in total. The molecule has 0 fully saturated rings. The normalized spacial score (nSPS) is 10.9. The average Bonchev–Trinajstić information content (AvgIpc) is 2.82. The van der Waals surface area contributed by atoms with Gasteiger partial charge in [0.1, 0.15) is 24.7 Å². The smallest absolute Gasteiger partial charge is 0.303 e. The molecular formula is C23H22N2O8S. The summed E-state index contributed by atoms with van der Waals surface area (Å²) in [6, 6.07) is 18.3. The highest BCUT2D eigenvalue weighted by Crippen LogP contribution is 2.26. The van der Waals surface area contributed by atoms with E-state index >= 15 is 0 Å². The number of carbonyl (C=O) groups is 1. The van der Waals surface area contributed by atoms with Gasteiger partial charge in [0.15, 0.2) is 4.90 Å². The summed E-state index contributed by atoms with van der Waals surface area (Å²) in [5.74, 6) is 0.175. The van der Waals surface area contributed by atoms with Crippen LogP contribution in [0.25, 0.3) is 0 Å². The summed E-state index contributed by atoms with van der Waals surface area (Å²) in [4.78, 5) is 20.7. The fourth-order valence-electron chi connectivity index (χ4n) is 3.07. The number of hydrogen-bond acceptors (Lipinski definition) is 7. The molecule has 178 valence electrons. The largest absolute Gasteiger partial charge is 0.490 e. The zero-order chi connectivity index (χ0) is 24.6. The van der Waals surface area contributed by atoms with E-state index in [0.29, 0.717) is 17.9 Å². The standard InChI is InChI=1S/C23H22N2O8S/c26-23(27)14-9-17-5-1-3-7-21(17)33-16-15-32-19-12-10-18(11-13-19)24-34(30,31)22-8-4-2-6-20(22)25(28)29/h1-8,10-13,24H,9,14-16H2,(H,26,27). The van der Waals surface area contributed by atoms with E-state index in [-0.39, 0.29) is 25.3 Å². The topological polar surface area (TPSA) is 145 Å². The van der Waals surface area contributed by atoms with Crippen molar-refractivity contribution >= 4 is 27.4 Å². The Kier molecular flexibility index (Phi) is 8.04. The molecule has 3 rings (SSSR count). The zero-order valence-electron chi connectivity index (χ0n) is 17.9. The van der Waals surface area contributed by atoms with Crippen LogP contribution in [-0.2, 0) is 21.2 Å². The number of sulfonamides is 1. The molecule has 0 amide bonds. The second kappa shape index (κ2) is 11.1. The van der Waals surface area contributed by atoms with E-state index in [2.05, 4.69) is 4.72 Å². The summed E-state index contributed by atoms with van der Waals surface area (Å²) in [5.41, 5.74) is 0.494. The summed E-state index contributed by atoms with van der Waals surface area (Å²) in [6.07, 6.45) is 0.362. The first kappa shape index (κ1) is 24.5. The van der Waals surface area contributed by atoms with E-state index in [9.17, 15) is 23.3 Å². The number of anilines is 1. The molecular weight excluding hydrogens is 464 g/mol. The van der Waals surface area contributed by atoms with Crippen molar-refractivity contribution in [3.63, 3.8) is 0 Å². The van der Waals surface area contributed by atoms with Crippen molar-refractivity contribution in [2.45, 2.75) is 17.7 Å². The summed E-state index contributed by atoms with van der Waals surface area (Å²) >= 11 is 0. The first-order valence-electron chi connectivity index (χ1n) is 10.2. The second-order valence-electron chi connectivity index (χ2n) is 7.05. The first-order chi connectivity index (χ1) is 16.3. The van der Waals surface area contributed by atoms with Gasteiger partial charge in [-0.3, -0.25) is 19.6 Å². The predicted molar refractivity (Wildman–Crippen MR) is 124 cm³/mol. The fourth-order valence-corrected chi connectivity index (χ4v) is 4.30. The number of nitro benzene ring substituents is 1. The molecule has 0 aromatic heterocycles.